The average molecular weight is 567 g/mol. The molecule has 5 N–H and O–H groups in total. The van der Waals surface area contributed by atoms with E-state index in [2.05, 4.69) is 20.9 Å². The summed E-state index contributed by atoms with van der Waals surface area (Å²) >= 11 is 0. The Hall–Kier alpha value is -4.78. The van der Waals surface area contributed by atoms with Gasteiger partial charge in [0.05, 0.1) is 25.8 Å². The normalized spacial score (nSPS) is 12.1. The number of hydrogen-bond acceptors (Lipinski definition) is 9. The maximum Gasteiger partial charge on any atom is 0.328 e. The molecule has 0 aliphatic carbocycles. The van der Waals surface area contributed by atoms with Crippen LogP contribution in [-0.2, 0) is 49.8 Å². The minimum absolute atomic E-state index is 0.0867. The molecule has 218 valence electrons. The van der Waals surface area contributed by atoms with E-state index in [1.54, 1.807) is 28.5 Å². The number of amides is 3. The van der Waals surface area contributed by atoms with Gasteiger partial charge in [0.2, 0.25) is 17.7 Å². The highest BCUT2D eigenvalue weighted by molar-refractivity contribution is 5.85. The van der Waals surface area contributed by atoms with E-state index >= 15 is 0 Å². The lowest BCUT2D eigenvalue weighted by Gasteiger charge is -2.16. The number of esters is 1. The molecule has 1 aromatic heterocycles. The van der Waals surface area contributed by atoms with Gasteiger partial charge < -0.3 is 20.5 Å². The standard InChI is InChI=1S/C28H34N6O7/c1-41-28(39)24(15-20-9-11-23(35)12-10-20)30-25(36)8-5-13-34-18-22(31-33-34)17-29-27(38)21(16-26(37)32-40)14-19-6-3-2-4-7-19/h2-4,6-7,9-12,18,21,24,35,40H,5,8,13-17H2,1H3,(H,29,38)(H,30,36)(H,32,37)/t21?,24-/m0/s1. The highest BCUT2D eigenvalue weighted by Crippen LogP contribution is 2.14. The van der Waals surface area contributed by atoms with Crippen LogP contribution in [-0.4, -0.2) is 62.2 Å². The van der Waals surface area contributed by atoms with E-state index in [9.17, 15) is 24.3 Å². The molecule has 0 fully saturated rings. The first kappa shape index (κ1) is 30.8. The summed E-state index contributed by atoms with van der Waals surface area (Å²) in [6.45, 7) is 0.464. The van der Waals surface area contributed by atoms with Gasteiger partial charge in [0.1, 0.15) is 17.5 Å². The third kappa shape index (κ3) is 10.4. The Balaban J connectivity index is 1.46. The maximum atomic E-state index is 12.8. The summed E-state index contributed by atoms with van der Waals surface area (Å²) in [5.41, 5.74) is 3.70. The van der Waals surface area contributed by atoms with Gasteiger partial charge in [-0.15, -0.1) is 5.10 Å². The first-order valence-electron chi connectivity index (χ1n) is 13.1. The van der Waals surface area contributed by atoms with Crippen LogP contribution in [0.15, 0.2) is 60.8 Å². The number of phenolic OH excluding ortho intramolecular Hbond substituents is 1. The first-order chi connectivity index (χ1) is 19.8. The number of ether oxygens (including phenoxy) is 1. The second-order valence-electron chi connectivity index (χ2n) is 9.43. The van der Waals surface area contributed by atoms with Crippen molar-refractivity contribution in [1.82, 2.24) is 31.1 Å². The van der Waals surface area contributed by atoms with Gasteiger partial charge in [0, 0.05) is 25.8 Å². The van der Waals surface area contributed by atoms with Crippen LogP contribution in [0.4, 0.5) is 0 Å². The van der Waals surface area contributed by atoms with Crippen LogP contribution < -0.4 is 16.1 Å². The predicted octanol–water partition coefficient (Wildman–Crippen LogP) is 1.04. The lowest BCUT2D eigenvalue weighted by molar-refractivity contribution is -0.145. The number of carbonyl (C=O) groups excluding carboxylic acids is 4. The van der Waals surface area contributed by atoms with Crippen LogP contribution >= 0.6 is 0 Å². The van der Waals surface area contributed by atoms with Crippen molar-refractivity contribution in [2.24, 2.45) is 5.92 Å². The highest BCUT2D eigenvalue weighted by atomic mass is 16.5. The summed E-state index contributed by atoms with van der Waals surface area (Å²) < 4.78 is 6.35. The zero-order chi connectivity index (χ0) is 29.6. The fourth-order valence-corrected chi connectivity index (χ4v) is 4.15. The Kier molecular flexibility index (Phi) is 11.8. The van der Waals surface area contributed by atoms with Gasteiger partial charge >= 0.3 is 5.97 Å². The number of methoxy groups -OCH3 is 1. The maximum absolute atomic E-state index is 12.8. The van der Waals surface area contributed by atoms with Crippen LogP contribution in [0, 0.1) is 5.92 Å². The van der Waals surface area contributed by atoms with Crippen molar-refractivity contribution >= 4 is 23.7 Å². The second-order valence-corrected chi connectivity index (χ2v) is 9.43. The fraction of sp³-hybridized carbons (Fsp3) is 0.357. The fourth-order valence-electron chi connectivity index (χ4n) is 4.15. The number of aromatic hydroxyl groups is 1. The van der Waals surface area contributed by atoms with Gasteiger partial charge in [-0.1, -0.05) is 47.7 Å². The number of nitrogens with zero attached hydrogens (tertiary/aromatic N) is 3. The van der Waals surface area contributed by atoms with Crippen molar-refractivity contribution in [2.45, 2.75) is 51.2 Å². The summed E-state index contributed by atoms with van der Waals surface area (Å²) in [5, 5.41) is 31.8. The number of hydrogen-bond donors (Lipinski definition) is 5. The molecule has 1 heterocycles. The van der Waals surface area contributed by atoms with Crippen molar-refractivity contribution in [2.75, 3.05) is 7.11 Å². The van der Waals surface area contributed by atoms with Gasteiger partial charge in [-0.25, -0.2) is 10.3 Å². The number of nitrogens with one attached hydrogen (secondary N) is 3. The summed E-state index contributed by atoms with van der Waals surface area (Å²) in [7, 11) is 1.25. The second kappa shape index (κ2) is 15.7. The SMILES string of the molecule is COC(=O)[C@H](Cc1ccc(O)cc1)NC(=O)CCCn1cc(CNC(=O)C(CC(=O)NO)Cc2ccccc2)nn1. The van der Waals surface area contributed by atoms with Crippen LogP contribution in [0.5, 0.6) is 5.75 Å². The van der Waals surface area contributed by atoms with E-state index in [0.717, 1.165) is 11.1 Å². The highest BCUT2D eigenvalue weighted by Gasteiger charge is 2.23. The van der Waals surface area contributed by atoms with Crippen molar-refractivity contribution in [3.63, 3.8) is 0 Å². The molecule has 1 unspecified atom stereocenters. The van der Waals surface area contributed by atoms with Crippen LogP contribution in [0.25, 0.3) is 0 Å². The van der Waals surface area contributed by atoms with Crippen LogP contribution in [0.3, 0.4) is 0 Å². The molecule has 2 aromatic carbocycles. The van der Waals surface area contributed by atoms with E-state index in [1.165, 1.54) is 19.2 Å². The van der Waals surface area contributed by atoms with E-state index in [-0.39, 0.29) is 43.4 Å². The summed E-state index contributed by atoms with van der Waals surface area (Å²) in [6.07, 6.45) is 2.55. The monoisotopic (exact) mass is 566 g/mol. The molecule has 0 spiro atoms. The molecule has 13 heteroatoms. The Morgan fingerprint density at radius 2 is 1.68 bits per heavy atom. The molecule has 41 heavy (non-hydrogen) atoms. The van der Waals surface area contributed by atoms with Gasteiger partial charge in [0.25, 0.3) is 0 Å². The van der Waals surface area contributed by atoms with Gasteiger partial charge in [0.15, 0.2) is 0 Å². The van der Waals surface area contributed by atoms with Crippen LogP contribution in [0.2, 0.25) is 0 Å². The molecular weight excluding hydrogens is 532 g/mol. The lowest BCUT2D eigenvalue weighted by Crippen LogP contribution is -2.43. The minimum Gasteiger partial charge on any atom is -0.508 e. The number of benzene rings is 2. The van der Waals surface area contributed by atoms with E-state index < -0.39 is 23.8 Å². The molecule has 0 bridgehead atoms. The molecule has 3 aromatic rings. The number of hydroxylamine groups is 1. The molecule has 0 saturated carbocycles. The minimum atomic E-state index is -0.868. The molecule has 0 saturated heterocycles. The smallest absolute Gasteiger partial charge is 0.328 e. The van der Waals surface area contributed by atoms with Crippen molar-refractivity contribution in [1.29, 1.82) is 0 Å². The van der Waals surface area contributed by atoms with Gasteiger partial charge in [-0.3, -0.25) is 24.3 Å². The molecule has 0 radical (unpaired) electrons. The topological polar surface area (TPSA) is 185 Å². The largest absolute Gasteiger partial charge is 0.508 e. The molecule has 3 rings (SSSR count). The molecule has 0 aliphatic heterocycles. The third-order valence-corrected chi connectivity index (χ3v) is 6.27. The molecule has 0 aliphatic rings. The summed E-state index contributed by atoms with van der Waals surface area (Å²) in [4.78, 5) is 49.2. The first-order valence-corrected chi connectivity index (χ1v) is 13.1. The van der Waals surface area contributed by atoms with Crippen molar-refractivity contribution < 1.29 is 34.2 Å². The van der Waals surface area contributed by atoms with Crippen molar-refractivity contribution in [3.8, 4) is 5.75 Å². The average Bonchev–Trinajstić information content (AvgIpc) is 3.44. The number of phenols is 1. The predicted molar refractivity (Wildman–Crippen MR) is 145 cm³/mol. The number of aryl methyl sites for hydroxylation is 1. The van der Waals surface area contributed by atoms with E-state index in [0.29, 0.717) is 25.1 Å². The molecule has 3 amide bonds. The Morgan fingerprint density at radius 3 is 2.37 bits per heavy atom. The molecule has 13 nitrogen and oxygen atoms in total. The number of rotatable bonds is 15. The van der Waals surface area contributed by atoms with Gasteiger partial charge in [-0.05, 0) is 36.1 Å². The van der Waals surface area contributed by atoms with Gasteiger partial charge in [-0.2, -0.15) is 0 Å². The zero-order valence-corrected chi connectivity index (χ0v) is 22.7. The third-order valence-electron chi connectivity index (χ3n) is 6.27. The molecule has 2 atom stereocenters. The summed E-state index contributed by atoms with van der Waals surface area (Å²) in [6, 6.07) is 14.7. The van der Waals surface area contributed by atoms with Crippen molar-refractivity contribution in [3.05, 3.63) is 77.6 Å². The Labute approximate surface area is 236 Å². The Bertz CT molecular complexity index is 1300. The van der Waals surface area contributed by atoms with E-state index in [4.69, 9.17) is 9.94 Å². The molecular formula is C28H34N6O7. The van der Waals surface area contributed by atoms with E-state index in [1.807, 2.05) is 30.3 Å². The number of aromatic nitrogens is 3. The van der Waals surface area contributed by atoms with Crippen LogP contribution in [0.1, 0.15) is 36.1 Å². The number of carbonyl (C=O) groups is 4. The quantitative estimate of drug-likeness (QED) is 0.102. The zero-order valence-electron chi connectivity index (χ0n) is 22.7. The summed E-state index contributed by atoms with van der Waals surface area (Å²) in [5.74, 6) is -2.52. The lowest BCUT2D eigenvalue weighted by atomic mass is 9.95. The Morgan fingerprint density at radius 1 is 0.976 bits per heavy atom.